The van der Waals surface area contributed by atoms with Crippen LogP contribution >= 0.6 is 0 Å². The molecule has 1 amide bonds. The Morgan fingerprint density at radius 3 is 2.39 bits per heavy atom. The van der Waals surface area contributed by atoms with Gasteiger partial charge in [-0.3, -0.25) is 4.79 Å². The van der Waals surface area contributed by atoms with Gasteiger partial charge in [-0.15, -0.1) is 0 Å². The second-order valence-electron chi connectivity index (χ2n) is 16.1. The van der Waals surface area contributed by atoms with E-state index in [9.17, 15) is 33.0 Å². The maximum absolute atomic E-state index is 14.4. The lowest BCUT2D eigenvalue weighted by atomic mass is 9.64. The fourth-order valence-corrected chi connectivity index (χ4v) is 8.89. The van der Waals surface area contributed by atoms with Crippen molar-refractivity contribution >= 4 is 22.6 Å². The number of fused-ring (bicyclic) bond motifs is 9. The predicted molar refractivity (Wildman–Crippen MR) is 215 cm³/mol. The van der Waals surface area contributed by atoms with Gasteiger partial charge < -0.3 is 19.8 Å². The number of alkyl halides is 3. The maximum atomic E-state index is 14.4. The van der Waals surface area contributed by atoms with Gasteiger partial charge in [0.1, 0.15) is 5.75 Å². The largest absolute Gasteiger partial charge is 0.416 e. The van der Waals surface area contributed by atoms with Crippen molar-refractivity contribution in [1.29, 1.82) is 0 Å². The van der Waals surface area contributed by atoms with Gasteiger partial charge in [-0.1, -0.05) is 104 Å². The van der Waals surface area contributed by atoms with Crippen LogP contribution in [-0.4, -0.2) is 45.2 Å². The lowest BCUT2D eigenvalue weighted by Gasteiger charge is -2.46. The Morgan fingerprint density at radius 2 is 1.61 bits per heavy atom. The highest BCUT2D eigenvalue weighted by atomic mass is 19.4. The zero-order valence-corrected chi connectivity index (χ0v) is 32.3. The highest BCUT2D eigenvalue weighted by Gasteiger charge is 2.58. The summed E-state index contributed by atoms with van der Waals surface area (Å²) < 4.78 is 47.5. The Labute approximate surface area is 331 Å². The number of aliphatic hydroxyl groups is 2. The van der Waals surface area contributed by atoms with Crippen LogP contribution < -0.4 is 4.74 Å². The van der Waals surface area contributed by atoms with Crippen molar-refractivity contribution in [3.63, 3.8) is 0 Å². The Bertz CT molecular complexity index is 2290. The van der Waals surface area contributed by atoms with Crippen LogP contribution in [0.25, 0.3) is 10.8 Å². The molecule has 4 atom stereocenters. The summed E-state index contributed by atoms with van der Waals surface area (Å²) in [4.78, 5) is 30.2. The monoisotopic (exact) mass is 775 g/mol. The summed E-state index contributed by atoms with van der Waals surface area (Å²) in [5.41, 5.74) is 0.166. The molecule has 0 aromatic heterocycles. The molecule has 5 aromatic carbocycles. The number of ketones is 1. The molecule has 296 valence electrons. The number of rotatable bonds is 7. The summed E-state index contributed by atoms with van der Waals surface area (Å²) in [6.45, 7) is 4.14. The highest BCUT2D eigenvalue weighted by Crippen LogP contribution is 2.59. The number of carbonyl (C=O) groups is 2. The molecule has 2 bridgehead atoms. The highest BCUT2D eigenvalue weighted by molar-refractivity contribution is 6.10. The summed E-state index contributed by atoms with van der Waals surface area (Å²) in [5.74, 6) is -0.587. The first-order valence-corrected chi connectivity index (χ1v) is 19.6. The second-order valence-corrected chi connectivity index (χ2v) is 16.1. The Balaban J connectivity index is 1.29. The number of ether oxygens (including phenoxy) is 1. The van der Waals surface area contributed by atoms with Gasteiger partial charge in [0.05, 0.1) is 23.8 Å². The predicted octanol–water partition coefficient (Wildman–Crippen LogP) is 10.8. The van der Waals surface area contributed by atoms with E-state index in [1.807, 2.05) is 92.7 Å². The van der Waals surface area contributed by atoms with Gasteiger partial charge in [0.2, 0.25) is 0 Å². The van der Waals surface area contributed by atoms with Gasteiger partial charge in [0.25, 0.3) is 0 Å². The van der Waals surface area contributed by atoms with Crippen LogP contribution in [0.15, 0.2) is 127 Å². The van der Waals surface area contributed by atoms with Gasteiger partial charge in [0, 0.05) is 23.1 Å². The molecule has 3 aliphatic carbocycles. The molecular weight excluding hydrogens is 728 g/mol. The van der Waals surface area contributed by atoms with E-state index in [0.29, 0.717) is 55.4 Å². The van der Waals surface area contributed by atoms with E-state index in [1.54, 1.807) is 17.0 Å². The van der Waals surface area contributed by atoms with E-state index in [2.05, 4.69) is 6.08 Å². The molecule has 8 rings (SSSR count). The van der Waals surface area contributed by atoms with E-state index < -0.39 is 46.7 Å². The summed E-state index contributed by atoms with van der Waals surface area (Å²) in [7, 11) is 0. The topological polar surface area (TPSA) is 87.1 Å². The first kappa shape index (κ1) is 40.0. The van der Waals surface area contributed by atoms with Gasteiger partial charge in [-0.05, 0) is 116 Å². The molecule has 6 nitrogen and oxygen atoms in total. The Kier molecular flexibility index (Phi) is 11.4. The van der Waals surface area contributed by atoms with Crippen molar-refractivity contribution < 1.29 is 37.7 Å². The van der Waals surface area contributed by atoms with Crippen molar-refractivity contribution in [3.8, 4) is 5.75 Å². The number of nitrogens with zero attached hydrogens (tertiary/aromatic N) is 1. The lowest BCUT2D eigenvalue weighted by Crippen LogP contribution is -2.54. The fourth-order valence-electron chi connectivity index (χ4n) is 8.89. The zero-order valence-electron chi connectivity index (χ0n) is 32.3. The number of halogens is 3. The van der Waals surface area contributed by atoms with Crippen molar-refractivity contribution in [3.05, 3.63) is 160 Å². The van der Waals surface area contributed by atoms with E-state index in [1.165, 1.54) is 12.1 Å². The Morgan fingerprint density at radius 1 is 0.860 bits per heavy atom. The van der Waals surface area contributed by atoms with Crippen LogP contribution in [0.4, 0.5) is 18.0 Å². The van der Waals surface area contributed by atoms with Crippen molar-refractivity contribution in [2.24, 2.45) is 5.41 Å². The minimum absolute atomic E-state index is 0.0643. The minimum Gasteiger partial charge on any atom is -0.410 e. The molecule has 0 aliphatic heterocycles. The number of carbonyl (C=O) groups excluding carboxylic acids is 2. The summed E-state index contributed by atoms with van der Waals surface area (Å²) >= 11 is 0. The van der Waals surface area contributed by atoms with E-state index in [0.717, 1.165) is 34.0 Å². The molecule has 5 aromatic rings. The molecule has 0 unspecified atom stereocenters. The normalized spacial score (nSPS) is 22.7. The van der Waals surface area contributed by atoms with Gasteiger partial charge >= 0.3 is 12.3 Å². The summed E-state index contributed by atoms with van der Waals surface area (Å²) in [6.07, 6.45) is -0.529. The minimum atomic E-state index is -4.63. The average molecular weight is 776 g/mol. The zero-order chi connectivity index (χ0) is 40.4. The van der Waals surface area contributed by atoms with Crippen LogP contribution in [0, 0.1) is 5.41 Å². The van der Waals surface area contributed by atoms with Gasteiger partial charge in [-0.25, -0.2) is 4.79 Å². The molecule has 57 heavy (non-hydrogen) atoms. The third-order valence-corrected chi connectivity index (χ3v) is 12.2. The van der Waals surface area contributed by atoms with Gasteiger partial charge in [0.15, 0.2) is 5.78 Å². The van der Waals surface area contributed by atoms with Crippen LogP contribution in [0.3, 0.4) is 0 Å². The van der Waals surface area contributed by atoms with Crippen LogP contribution in [0.2, 0.25) is 0 Å². The number of allylic oxidation sites excluding steroid dienone is 2. The molecule has 1 fully saturated rings. The number of aliphatic hydroxyl groups excluding tert-OH is 1. The molecule has 0 saturated heterocycles. The van der Waals surface area contributed by atoms with Crippen molar-refractivity contribution in [1.82, 2.24) is 4.90 Å². The SMILES string of the molecule is CC1=CCC[C@@]2(C)[C@@H](CC[C@@]2(O)CN(Cc2ccccc2)C(=O)Oc2ccc3ccccc3c2)c2ccc(cc2C(=O)c2cccc(C(F)(F)F)c2)C[C@@H](O)CC1. The van der Waals surface area contributed by atoms with Crippen molar-refractivity contribution in [2.45, 2.75) is 89.1 Å². The fraction of sp³-hybridized carbons (Fsp3) is 0.333. The van der Waals surface area contributed by atoms with Crippen LogP contribution in [0.5, 0.6) is 5.75 Å². The molecule has 0 radical (unpaired) electrons. The lowest BCUT2D eigenvalue weighted by molar-refractivity contribution is -0.137. The average Bonchev–Trinajstić information content (AvgIpc) is 3.44. The molecule has 3 aliphatic rings. The molecule has 1 saturated carbocycles. The Hall–Kier alpha value is -5.25. The van der Waals surface area contributed by atoms with E-state index in [-0.39, 0.29) is 30.6 Å². The number of hydrogen-bond donors (Lipinski definition) is 2. The van der Waals surface area contributed by atoms with Gasteiger partial charge in [-0.2, -0.15) is 13.2 Å². The van der Waals surface area contributed by atoms with E-state index in [4.69, 9.17) is 4.74 Å². The smallest absolute Gasteiger partial charge is 0.410 e. The molecule has 9 heteroatoms. The standard InChI is InChI=1S/C48H48F3NO5/c1-32-10-9-24-46(2)43(41-22-18-34(26-39(53)20-17-32)27-42(41)44(54)37-15-8-16-38(28-37)48(49,50)51)23-25-47(46,56)31-52(30-33-11-4-3-5-12-33)45(55)57-40-21-19-35-13-6-7-14-36(35)29-40/h3-8,10-16,18-19,21-22,27-29,39,43,53,56H,9,17,20,23-26,30-31H2,1-2H3/t39-,43-,46-,47+/m0/s1. The molecule has 0 spiro atoms. The van der Waals surface area contributed by atoms with Crippen molar-refractivity contribution in [2.75, 3.05) is 6.54 Å². The first-order chi connectivity index (χ1) is 27.2. The maximum Gasteiger partial charge on any atom is 0.416 e. The summed E-state index contributed by atoms with van der Waals surface area (Å²) in [6, 6.07) is 32.6. The van der Waals surface area contributed by atoms with Crippen LogP contribution in [0.1, 0.15) is 96.5 Å². The molecule has 0 heterocycles. The molecule has 2 N–H and O–H groups in total. The molecular formula is C48H48F3NO5. The first-order valence-electron chi connectivity index (χ1n) is 19.6. The van der Waals surface area contributed by atoms with Crippen LogP contribution in [-0.2, 0) is 19.1 Å². The third kappa shape index (κ3) is 8.70. The number of benzene rings is 5. The second kappa shape index (κ2) is 16.3. The number of amides is 1. The third-order valence-electron chi connectivity index (χ3n) is 12.2. The van der Waals surface area contributed by atoms with E-state index >= 15 is 0 Å². The summed E-state index contributed by atoms with van der Waals surface area (Å²) in [5, 5.41) is 26.0. The quantitative estimate of drug-likeness (QED) is 0.127. The number of hydrogen-bond acceptors (Lipinski definition) is 5.